The van der Waals surface area contributed by atoms with E-state index >= 15 is 0 Å². The zero-order valence-corrected chi connectivity index (χ0v) is 13.0. The van der Waals surface area contributed by atoms with Gasteiger partial charge in [0.2, 0.25) is 0 Å². The first kappa shape index (κ1) is 16.2. The van der Waals surface area contributed by atoms with E-state index in [-0.39, 0.29) is 11.7 Å². The summed E-state index contributed by atoms with van der Waals surface area (Å²) >= 11 is 7.94. The monoisotopic (exact) mass is 360 g/mol. The van der Waals surface area contributed by atoms with Gasteiger partial charge in [0.1, 0.15) is 0 Å². The van der Waals surface area contributed by atoms with Crippen molar-refractivity contribution in [2.24, 2.45) is 16.6 Å². The van der Waals surface area contributed by atoms with Crippen molar-refractivity contribution in [3.63, 3.8) is 0 Å². The van der Waals surface area contributed by atoms with Crippen molar-refractivity contribution in [1.82, 2.24) is 5.43 Å². The van der Waals surface area contributed by atoms with E-state index in [9.17, 15) is 4.79 Å². The molecule has 1 rings (SSSR count). The normalized spacial score (nSPS) is 10.3. The van der Waals surface area contributed by atoms with Crippen LogP contribution in [0.5, 0.6) is 11.5 Å². The summed E-state index contributed by atoms with van der Waals surface area (Å²) in [5.74, 6) is 0.230. The third-order valence-corrected chi connectivity index (χ3v) is 2.68. The summed E-state index contributed by atoms with van der Waals surface area (Å²) < 4.78 is 11.0. The molecule has 0 aromatic heterocycles. The summed E-state index contributed by atoms with van der Waals surface area (Å²) in [5.41, 5.74) is 13.4. The van der Waals surface area contributed by atoms with Gasteiger partial charge >= 0.3 is 0 Å². The van der Waals surface area contributed by atoms with Gasteiger partial charge < -0.3 is 20.9 Å². The Balaban J connectivity index is 2.97. The van der Waals surface area contributed by atoms with Crippen LogP contribution in [-0.2, 0) is 4.79 Å². The first-order valence-electron chi connectivity index (χ1n) is 5.31. The summed E-state index contributed by atoms with van der Waals surface area (Å²) in [6.07, 6.45) is 1.50. The molecule has 108 valence electrons. The zero-order chi connectivity index (χ0) is 15.1. The van der Waals surface area contributed by atoms with Crippen molar-refractivity contribution in [2.45, 2.75) is 0 Å². The average Bonchev–Trinajstić information content (AvgIpc) is 2.36. The Bertz CT molecular complexity index is 551. The van der Waals surface area contributed by atoms with E-state index in [0.29, 0.717) is 21.5 Å². The second-order valence-corrected chi connectivity index (χ2v) is 4.82. The molecule has 0 fully saturated rings. The van der Waals surface area contributed by atoms with E-state index in [4.69, 9.17) is 20.9 Å². The van der Waals surface area contributed by atoms with Gasteiger partial charge in [0.15, 0.2) is 23.2 Å². The summed E-state index contributed by atoms with van der Waals surface area (Å²) in [6, 6.07) is 3.40. The quantitative estimate of drug-likeness (QED) is 0.386. The first-order valence-corrected chi connectivity index (χ1v) is 6.51. The highest BCUT2D eigenvalue weighted by atomic mass is 79.9. The highest BCUT2D eigenvalue weighted by Gasteiger charge is 2.12. The maximum absolute atomic E-state index is 10.7. The molecule has 0 radical (unpaired) electrons. The fourth-order valence-corrected chi connectivity index (χ4v) is 1.90. The molecule has 9 heteroatoms. The van der Waals surface area contributed by atoms with Gasteiger partial charge in [0.25, 0.3) is 5.91 Å². The minimum absolute atomic E-state index is 0.0636. The van der Waals surface area contributed by atoms with Crippen LogP contribution in [0.4, 0.5) is 0 Å². The van der Waals surface area contributed by atoms with Gasteiger partial charge in [-0.25, -0.2) is 0 Å². The van der Waals surface area contributed by atoms with E-state index in [2.05, 4.69) is 38.7 Å². The smallest absolute Gasteiger partial charge is 0.255 e. The number of amides is 1. The van der Waals surface area contributed by atoms with E-state index in [1.165, 1.54) is 13.3 Å². The number of nitrogens with zero attached hydrogens (tertiary/aromatic N) is 1. The number of halogens is 1. The van der Waals surface area contributed by atoms with Crippen molar-refractivity contribution in [1.29, 1.82) is 0 Å². The molecule has 0 aliphatic heterocycles. The van der Waals surface area contributed by atoms with Crippen molar-refractivity contribution < 1.29 is 14.3 Å². The number of rotatable bonds is 6. The molecule has 1 amide bonds. The Morgan fingerprint density at radius 2 is 2.25 bits per heavy atom. The minimum Gasteiger partial charge on any atom is -0.493 e. The van der Waals surface area contributed by atoms with Crippen molar-refractivity contribution in [2.75, 3.05) is 13.7 Å². The van der Waals surface area contributed by atoms with Gasteiger partial charge in [-0.1, -0.05) is 0 Å². The van der Waals surface area contributed by atoms with Gasteiger partial charge in [-0.15, -0.1) is 0 Å². The molecule has 7 nitrogen and oxygen atoms in total. The lowest BCUT2D eigenvalue weighted by Gasteiger charge is -2.12. The number of carbonyl (C=O) groups excluding carboxylic acids is 1. The number of thiocarbonyl (C=S) groups is 1. The first-order chi connectivity index (χ1) is 9.43. The fraction of sp³-hybridized carbons (Fsp3) is 0.182. The van der Waals surface area contributed by atoms with Crippen LogP contribution in [0.2, 0.25) is 0 Å². The second kappa shape index (κ2) is 7.65. The zero-order valence-electron chi connectivity index (χ0n) is 10.6. The Labute approximate surface area is 129 Å². The molecule has 0 saturated heterocycles. The Morgan fingerprint density at radius 3 is 2.80 bits per heavy atom. The molecule has 20 heavy (non-hydrogen) atoms. The van der Waals surface area contributed by atoms with Crippen LogP contribution >= 0.6 is 28.1 Å². The highest BCUT2D eigenvalue weighted by molar-refractivity contribution is 9.10. The van der Waals surface area contributed by atoms with Crippen molar-refractivity contribution in [3.05, 3.63) is 22.2 Å². The average molecular weight is 361 g/mol. The molecule has 0 atom stereocenters. The van der Waals surface area contributed by atoms with E-state index in [1.54, 1.807) is 12.1 Å². The summed E-state index contributed by atoms with van der Waals surface area (Å²) in [5, 5.41) is 3.89. The molecule has 0 bridgehead atoms. The fourth-order valence-electron chi connectivity index (χ4n) is 1.27. The van der Waals surface area contributed by atoms with Gasteiger partial charge in [-0.05, 0) is 45.8 Å². The summed E-state index contributed by atoms with van der Waals surface area (Å²) in [6.45, 7) is -0.245. The van der Waals surface area contributed by atoms with Crippen LogP contribution in [0.15, 0.2) is 21.7 Å². The third-order valence-electron chi connectivity index (χ3n) is 2.00. The number of hydrogen-bond donors (Lipinski definition) is 3. The van der Waals surface area contributed by atoms with E-state index < -0.39 is 5.91 Å². The molecule has 1 aromatic carbocycles. The molecule has 5 N–H and O–H groups in total. The number of hydrazone groups is 1. The SMILES string of the molecule is COc1cc(/C=N/NC(N)=S)cc(Br)c1OCC(N)=O. The molecule has 0 saturated carbocycles. The lowest BCUT2D eigenvalue weighted by Crippen LogP contribution is -2.24. The largest absolute Gasteiger partial charge is 0.493 e. The lowest BCUT2D eigenvalue weighted by atomic mass is 10.2. The lowest BCUT2D eigenvalue weighted by molar-refractivity contribution is -0.119. The number of nitrogens with two attached hydrogens (primary N) is 2. The van der Waals surface area contributed by atoms with Crippen LogP contribution in [0.3, 0.4) is 0 Å². The standard InChI is InChI=1S/C11H13BrN4O3S/c1-18-8-3-6(4-15-16-11(14)20)2-7(12)10(8)19-5-9(13)17/h2-4H,5H2,1H3,(H2,13,17)(H3,14,16,20)/b15-4+. The van der Waals surface area contributed by atoms with Crippen LogP contribution in [0.25, 0.3) is 0 Å². The summed E-state index contributed by atoms with van der Waals surface area (Å²) in [7, 11) is 1.48. The number of hydrogen-bond acceptors (Lipinski definition) is 5. The van der Waals surface area contributed by atoms with Crippen molar-refractivity contribution >= 4 is 45.4 Å². The van der Waals surface area contributed by atoms with Crippen LogP contribution in [0, 0.1) is 0 Å². The summed E-state index contributed by atoms with van der Waals surface area (Å²) in [4.78, 5) is 10.7. The van der Waals surface area contributed by atoms with Crippen LogP contribution in [-0.4, -0.2) is 31.0 Å². The minimum atomic E-state index is -0.578. The van der Waals surface area contributed by atoms with Gasteiger partial charge in [-0.3, -0.25) is 10.2 Å². The van der Waals surface area contributed by atoms with Gasteiger partial charge in [0.05, 0.1) is 17.8 Å². The van der Waals surface area contributed by atoms with E-state index in [1.807, 2.05) is 0 Å². The Morgan fingerprint density at radius 1 is 1.55 bits per heavy atom. The number of primary amides is 1. The maximum atomic E-state index is 10.7. The van der Waals surface area contributed by atoms with Crippen molar-refractivity contribution in [3.8, 4) is 11.5 Å². The number of methoxy groups -OCH3 is 1. The van der Waals surface area contributed by atoms with Gasteiger partial charge in [-0.2, -0.15) is 5.10 Å². The second-order valence-electron chi connectivity index (χ2n) is 3.52. The van der Waals surface area contributed by atoms with Crippen LogP contribution < -0.4 is 26.4 Å². The maximum Gasteiger partial charge on any atom is 0.255 e. The van der Waals surface area contributed by atoms with E-state index in [0.717, 1.165) is 0 Å². The number of ether oxygens (including phenoxy) is 2. The molecule has 0 aliphatic carbocycles. The molecular weight excluding hydrogens is 348 g/mol. The van der Waals surface area contributed by atoms with Crippen LogP contribution in [0.1, 0.15) is 5.56 Å². The van der Waals surface area contributed by atoms with Gasteiger partial charge in [0, 0.05) is 0 Å². The molecule has 0 heterocycles. The Kier molecular flexibility index (Phi) is 6.19. The predicted molar refractivity (Wildman–Crippen MR) is 82.9 cm³/mol. The molecular formula is C11H13BrN4O3S. The Hall–Kier alpha value is -1.87. The number of nitrogens with one attached hydrogen (secondary N) is 1. The molecule has 0 aliphatic rings. The topological polar surface area (TPSA) is 112 Å². The third kappa shape index (κ3) is 5.02. The molecule has 0 spiro atoms. The number of carbonyl (C=O) groups is 1. The highest BCUT2D eigenvalue weighted by Crippen LogP contribution is 2.36. The molecule has 1 aromatic rings. The number of benzene rings is 1. The molecule has 0 unspecified atom stereocenters. The predicted octanol–water partition coefficient (Wildman–Crippen LogP) is 0.489.